The second-order valence-corrected chi connectivity index (χ2v) is 9.32. The minimum Gasteiger partial charge on any atom is -0.325 e. The molecular weight excluding hydrogens is 428 g/mol. The quantitative estimate of drug-likeness (QED) is 0.564. The van der Waals surface area contributed by atoms with Gasteiger partial charge in [0.1, 0.15) is 0 Å². The van der Waals surface area contributed by atoms with E-state index in [-0.39, 0.29) is 18.2 Å². The van der Waals surface area contributed by atoms with Crippen molar-refractivity contribution in [1.29, 1.82) is 0 Å². The van der Waals surface area contributed by atoms with Gasteiger partial charge in [-0.05, 0) is 23.8 Å². The van der Waals surface area contributed by atoms with Crippen LogP contribution in [0.4, 0.5) is 10.8 Å². The van der Waals surface area contributed by atoms with E-state index in [4.69, 9.17) is 0 Å². The van der Waals surface area contributed by atoms with Crippen LogP contribution in [0, 0.1) is 0 Å². The zero-order valence-corrected chi connectivity index (χ0v) is 18.7. The van der Waals surface area contributed by atoms with Crippen molar-refractivity contribution in [3.05, 3.63) is 76.8 Å². The lowest BCUT2D eigenvalue weighted by atomic mass is 10.1. The SMILES string of the molecule is O=C(Cc1csc(NC(=O)c2ccccc2)n1)Nc1ccccc1CN1CCSCC1. The molecule has 4 rings (SSSR count). The number of hydrogen-bond donors (Lipinski definition) is 2. The van der Waals surface area contributed by atoms with Crippen molar-refractivity contribution in [3.8, 4) is 0 Å². The van der Waals surface area contributed by atoms with Crippen molar-refractivity contribution >= 4 is 45.7 Å². The van der Waals surface area contributed by atoms with Gasteiger partial charge in [-0.15, -0.1) is 11.3 Å². The van der Waals surface area contributed by atoms with Crippen LogP contribution in [0.25, 0.3) is 0 Å². The Labute approximate surface area is 190 Å². The van der Waals surface area contributed by atoms with Crippen LogP contribution in [0.5, 0.6) is 0 Å². The Morgan fingerprint density at radius 1 is 0.968 bits per heavy atom. The van der Waals surface area contributed by atoms with Gasteiger partial charge in [0.2, 0.25) is 5.91 Å². The average molecular weight is 453 g/mol. The number of thiazole rings is 1. The minimum atomic E-state index is -0.212. The highest BCUT2D eigenvalue weighted by Crippen LogP contribution is 2.21. The van der Waals surface area contributed by atoms with E-state index >= 15 is 0 Å². The average Bonchev–Trinajstić information content (AvgIpc) is 3.23. The van der Waals surface area contributed by atoms with Gasteiger partial charge in [0, 0.05) is 47.8 Å². The Balaban J connectivity index is 1.34. The van der Waals surface area contributed by atoms with Gasteiger partial charge in [0.05, 0.1) is 12.1 Å². The molecule has 0 atom stereocenters. The molecule has 0 bridgehead atoms. The van der Waals surface area contributed by atoms with Gasteiger partial charge in [-0.1, -0.05) is 36.4 Å². The highest BCUT2D eigenvalue weighted by atomic mass is 32.2. The lowest BCUT2D eigenvalue weighted by molar-refractivity contribution is -0.115. The summed E-state index contributed by atoms with van der Waals surface area (Å²) in [7, 11) is 0. The summed E-state index contributed by atoms with van der Waals surface area (Å²) in [5, 5.41) is 8.11. The molecule has 1 fully saturated rings. The van der Waals surface area contributed by atoms with Gasteiger partial charge < -0.3 is 5.32 Å². The number of para-hydroxylation sites is 1. The molecule has 0 aliphatic carbocycles. The van der Waals surface area contributed by atoms with E-state index < -0.39 is 0 Å². The van der Waals surface area contributed by atoms with Gasteiger partial charge in [-0.25, -0.2) is 4.98 Å². The Kier molecular flexibility index (Phi) is 7.35. The van der Waals surface area contributed by atoms with E-state index in [9.17, 15) is 9.59 Å². The van der Waals surface area contributed by atoms with Crippen molar-refractivity contribution in [2.24, 2.45) is 0 Å². The van der Waals surface area contributed by atoms with Gasteiger partial charge in [-0.2, -0.15) is 11.8 Å². The van der Waals surface area contributed by atoms with E-state index in [0.717, 1.165) is 42.4 Å². The molecule has 160 valence electrons. The molecule has 1 aromatic heterocycles. The molecule has 2 aromatic carbocycles. The number of amides is 2. The van der Waals surface area contributed by atoms with Gasteiger partial charge in [0.15, 0.2) is 5.13 Å². The fourth-order valence-corrected chi connectivity index (χ4v) is 5.03. The van der Waals surface area contributed by atoms with Crippen LogP contribution in [-0.4, -0.2) is 46.3 Å². The summed E-state index contributed by atoms with van der Waals surface area (Å²) >= 11 is 3.30. The molecule has 3 aromatic rings. The third-order valence-electron chi connectivity index (χ3n) is 4.94. The normalized spacial score (nSPS) is 14.2. The predicted octanol–water partition coefficient (Wildman–Crippen LogP) is 4.13. The summed E-state index contributed by atoms with van der Waals surface area (Å²) in [6.45, 7) is 2.98. The van der Waals surface area contributed by atoms with Crippen molar-refractivity contribution in [3.63, 3.8) is 0 Å². The lowest BCUT2D eigenvalue weighted by Crippen LogP contribution is -2.32. The molecule has 6 nitrogen and oxygen atoms in total. The van der Waals surface area contributed by atoms with Crippen LogP contribution < -0.4 is 10.6 Å². The van der Waals surface area contributed by atoms with E-state index in [2.05, 4.69) is 26.6 Å². The zero-order valence-electron chi connectivity index (χ0n) is 17.0. The van der Waals surface area contributed by atoms with Gasteiger partial charge >= 0.3 is 0 Å². The monoisotopic (exact) mass is 452 g/mol. The molecule has 1 aliphatic rings. The van der Waals surface area contributed by atoms with E-state index in [0.29, 0.717) is 16.4 Å². The molecule has 1 aliphatic heterocycles. The smallest absolute Gasteiger partial charge is 0.257 e. The molecule has 1 saturated heterocycles. The van der Waals surface area contributed by atoms with E-state index in [1.54, 1.807) is 17.5 Å². The number of rotatable bonds is 7. The number of aromatic nitrogens is 1. The first kappa shape index (κ1) is 21.5. The summed E-state index contributed by atoms with van der Waals surface area (Å²) in [5.74, 6) is 1.98. The molecule has 2 N–H and O–H groups in total. The number of anilines is 2. The Morgan fingerprint density at radius 2 is 1.71 bits per heavy atom. The van der Waals surface area contributed by atoms with E-state index in [1.807, 2.05) is 48.2 Å². The number of hydrogen-bond acceptors (Lipinski definition) is 6. The van der Waals surface area contributed by atoms with Crippen LogP contribution >= 0.6 is 23.1 Å². The molecule has 31 heavy (non-hydrogen) atoms. The van der Waals surface area contributed by atoms with Crippen LogP contribution in [0.15, 0.2) is 60.0 Å². The summed E-state index contributed by atoms with van der Waals surface area (Å²) in [5.41, 5.74) is 3.17. The fourth-order valence-electron chi connectivity index (χ4n) is 3.34. The number of nitrogens with one attached hydrogen (secondary N) is 2. The Bertz CT molecular complexity index is 1030. The number of benzene rings is 2. The number of carbonyl (C=O) groups is 2. The molecule has 8 heteroatoms. The summed E-state index contributed by atoms with van der Waals surface area (Å²) in [4.78, 5) is 31.7. The highest BCUT2D eigenvalue weighted by Gasteiger charge is 2.15. The fraction of sp³-hybridized carbons (Fsp3) is 0.261. The van der Waals surface area contributed by atoms with E-state index in [1.165, 1.54) is 11.3 Å². The van der Waals surface area contributed by atoms with Crippen LogP contribution in [0.2, 0.25) is 0 Å². The van der Waals surface area contributed by atoms with Crippen molar-refractivity contribution in [2.75, 3.05) is 35.2 Å². The molecule has 0 saturated carbocycles. The second-order valence-electron chi connectivity index (χ2n) is 7.23. The number of nitrogens with zero attached hydrogens (tertiary/aromatic N) is 2. The molecule has 0 spiro atoms. The maximum atomic E-state index is 12.6. The van der Waals surface area contributed by atoms with Crippen molar-refractivity contribution in [1.82, 2.24) is 9.88 Å². The Hall–Kier alpha value is -2.68. The standard InChI is InChI=1S/C23H24N4O2S2/c28-21(25-20-9-5-4-8-18(20)15-27-10-12-30-13-11-27)14-19-16-31-23(24-19)26-22(29)17-6-2-1-3-7-17/h1-9,16H,10-15H2,(H,25,28)(H,24,26,29). The molecule has 2 amide bonds. The first-order valence-corrected chi connectivity index (χ1v) is 12.2. The summed E-state index contributed by atoms with van der Waals surface area (Å²) in [6, 6.07) is 16.9. The molecule has 0 unspecified atom stereocenters. The van der Waals surface area contributed by atoms with Crippen molar-refractivity contribution < 1.29 is 9.59 Å². The topological polar surface area (TPSA) is 74.3 Å². The Morgan fingerprint density at radius 3 is 2.52 bits per heavy atom. The first-order valence-electron chi connectivity index (χ1n) is 10.2. The largest absolute Gasteiger partial charge is 0.325 e. The molecule has 0 radical (unpaired) electrons. The lowest BCUT2D eigenvalue weighted by Gasteiger charge is -2.27. The van der Waals surface area contributed by atoms with Crippen LogP contribution in [0.1, 0.15) is 21.6 Å². The maximum Gasteiger partial charge on any atom is 0.257 e. The summed E-state index contributed by atoms with van der Waals surface area (Å²) in [6.07, 6.45) is 0.159. The van der Waals surface area contributed by atoms with Crippen LogP contribution in [0.3, 0.4) is 0 Å². The summed E-state index contributed by atoms with van der Waals surface area (Å²) < 4.78 is 0. The predicted molar refractivity (Wildman–Crippen MR) is 128 cm³/mol. The van der Waals surface area contributed by atoms with Gasteiger partial charge in [-0.3, -0.25) is 19.8 Å². The minimum absolute atomic E-state index is 0.118. The number of carbonyl (C=O) groups excluding carboxylic acids is 2. The second kappa shape index (κ2) is 10.6. The first-order chi connectivity index (χ1) is 15.2. The van der Waals surface area contributed by atoms with Crippen LogP contribution in [-0.2, 0) is 17.8 Å². The molecular formula is C23H24N4O2S2. The zero-order chi connectivity index (χ0) is 21.5. The third kappa shape index (κ3) is 6.16. The molecule has 2 heterocycles. The highest BCUT2D eigenvalue weighted by molar-refractivity contribution is 7.99. The van der Waals surface area contributed by atoms with Crippen molar-refractivity contribution in [2.45, 2.75) is 13.0 Å². The van der Waals surface area contributed by atoms with Gasteiger partial charge in [0.25, 0.3) is 5.91 Å². The number of thioether (sulfide) groups is 1. The third-order valence-corrected chi connectivity index (χ3v) is 6.69. The maximum absolute atomic E-state index is 12.6.